The second kappa shape index (κ2) is 9.82. The van der Waals surface area contributed by atoms with Crippen molar-refractivity contribution in [2.75, 3.05) is 32.8 Å². The van der Waals surface area contributed by atoms with Gasteiger partial charge in [-0.1, -0.05) is 0 Å². The second-order valence-corrected chi connectivity index (χ2v) is 6.24. The van der Waals surface area contributed by atoms with E-state index in [1.807, 2.05) is 13.8 Å². The average molecular weight is 379 g/mol. The number of nitrogens with zero attached hydrogens (tertiary/aromatic N) is 1. The quantitative estimate of drug-likeness (QED) is 0.349. The minimum Gasteiger partial charge on any atom is -0.466 e. The lowest BCUT2D eigenvalue weighted by atomic mass is 9.96. The SMILES string of the molecule is CCNC(=NCC(C)(O)c1cc(C)oc1C)NCCCOCC(F)(F)F. The van der Waals surface area contributed by atoms with E-state index in [0.29, 0.717) is 42.6 Å². The molecule has 1 unspecified atom stereocenters. The van der Waals surface area contributed by atoms with Crippen molar-refractivity contribution >= 4 is 5.96 Å². The van der Waals surface area contributed by atoms with Gasteiger partial charge in [-0.05, 0) is 40.2 Å². The maximum Gasteiger partial charge on any atom is 0.411 e. The third-order valence-corrected chi connectivity index (χ3v) is 3.53. The summed E-state index contributed by atoms with van der Waals surface area (Å²) in [5.74, 6) is 1.83. The Morgan fingerprint density at radius 1 is 1.31 bits per heavy atom. The van der Waals surface area contributed by atoms with Crippen LogP contribution in [0.25, 0.3) is 0 Å². The van der Waals surface area contributed by atoms with Crippen LogP contribution in [0, 0.1) is 13.8 Å². The Labute approximate surface area is 151 Å². The summed E-state index contributed by atoms with van der Waals surface area (Å²) >= 11 is 0. The number of ether oxygens (including phenoxy) is 1. The van der Waals surface area contributed by atoms with Crippen molar-refractivity contribution in [2.45, 2.75) is 45.9 Å². The number of guanidine groups is 1. The number of rotatable bonds is 9. The van der Waals surface area contributed by atoms with Crippen LogP contribution in [-0.4, -0.2) is 50.1 Å². The lowest BCUT2D eigenvalue weighted by molar-refractivity contribution is -0.173. The summed E-state index contributed by atoms with van der Waals surface area (Å²) in [6.45, 7) is 7.01. The molecule has 0 aliphatic rings. The highest BCUT2D eigenvalue weighted by Gasteiger charge is 2.28. The third kappa shape index (κ3) is 8.09. The number of aliphatic hydroxyl groups is 1. The summed E-state index contributed by atoms with van der Waals surface area (Å²) < 4.78 is 45.9. The topological polar surface area (TPSA) is 79.0 Å². The molecule has 0 aliphatic carbocycles. The van der Waals surface area contributed by atoms with E-state index in [-0.39, 0.29) is 13.2 Å². The summed E-state index contributed by atoms with van der Waals surface area (Å²) in [4.78, 5) is 4.35. The highest BCUT2D eigenvalue weighted by atomic mass is 19.4. The molecule has 150 valence electrons. The molecule has 0 aromatic carbocycles. The molecule has 1 aromatic heterocycles. The first-order valence-corrected chi connectivity index (χ1v) is 8.51. The van der Waals surface area contributed by atoms with Crippen molar-refractivity contribution in [1.29, 1.82) is 0 Å². The van der Waals surface area contributed by atoms with Crippen molar-refractivity contribution < 1.29 is 27.4 Å². The molecule has 0 saturated carbocycles. The van der Waals surface area contributed by atoms with Gasteiger partial charge < -0.3 is 24.9 Å². The number of aliphatic imine (C=N–C) groups is 1. The molecule has 0 amide bonds. The van der Waals surface area contributed by atoms with Gasteiger partial charge in [0, 0.05) is 25.3 Å². The predicted octanol–water partition coefficient (Wildman–Crippen LogP) is 2.63. The van der Waals surface area contributed by atoms with Crippen LogP contribution in [0.3, 0.4) is 0 Å². The Hall–Kier alpha value is -1.74. The molecular weight excluding hydrogens is 351 g/mol. The number of alkyl halides is 3. The second-order valence-electron chi connectivity index (χ2n) is 6.24. The van der Waals surface area contributed by atoms with E-state index in [9.17, 15) is 18.3 Å². The normalized spacial score (nSPS) is 15.0. The van der Waals surface area contributed by atoms with Gasteiger partial charge in [0.25, 0.3) is 0 Å². The van der Waals surface area contributed by atoms with E-state index in [4.69, 9.17) is 4.42 Å². The van der Waals surface area contributed by atoms with Gasteiger partial charge in [0.2, 0.25) is 0 Å². The summed E-state index contributed by atoms with van der Waals surface area (Å²) in [6.07, 6.45) is -3.91. The minimum absolute atomic E-state index is 0.00286. The van der Waals surface area contributed by atoms with E-state index >= 15 is 0 Å². The van der Waals surface area contributed by atoms with E-state index in [2.05, 4.69) is 20.4 Å². The molecule has 1 rings (SSSR count). The smallest absolute Gasteiger partial charge is 0.411 e. The van der Waals surface area contributed by atoms with Crippen molar-refractivity contribution in [1.82, 2.24) is 10.6 Å². The molecule has 0 fully saturated rings. The first kappa shape index (κ1) is 22.3. The maximum absolute atomic E-state index is 12.0. The average Bonchev–Trinajstić information content (AvgIpc) is 2.86. The van der Waals surface area contributed by atoms with Crippen LogP contribution in [0.2, 0.25) is 0 Å². The van der Waals surface area contributed by atoms with Gasteiger partial charge in [0.15, 0.2) is 5.96 Å². The third-order valence-electron chi connectivity index (χ3n) is 3.53. The van der Waals surface area contributed by atoms with Crippen LogP contribution >= 0.6 is 0 Å². The van der Waals surface area contributed by atoms with E-state index in [1.54, 1.807) is 19.9 Å². The standard InChI is InChI=1S/C17H28F3N3O3/c1-5-21-15(22-7-6-8-25-11-17(18,19)20)23-10-16(4,24)14-9-12(2)26-13(14)3/h9,24H,5-8,10-11H2,1-4H3,(H2,21,22,23). The number of nitrogens with one attached hydrogen (secondary N) is 2. The molecule has 0 bridgehead atoms. The zero-order valence-corrected chi connectivity index (χ0v) is 15.7. The monoisotopic (exact) mass is 379 g/mol. The Morgan fingerprint density at radius 2 is 2.00 bits per heavy atom. The van der Waals surface area contributed by atoms with Crippen molar-refractivity contribution in [3.63, 3.8) is 0 Å². The number of hydrogen-bond acceptors (Lipinski definition) is 4. The van der Waals surface area contributed by atoms with Gasteiger partial charge in [-0.3, -0.25) is 0 Å². The van der Waals surface area contributed by atoms with Crippen molar-refractivity contribution in [3.8, 4) is 0 Å². The van der Waals surface area contributed by atoms with Gasteiger partial charge in [-0.2, -0.15) is 13.2 Å². The van der Waals surface area contributed by atoms with Crippen LogP contribution < -0.4 is 10.6 Å². The van der Waals surface area contributed by atoms with Gasteiger partial charge in [-0.15, -0.1) is 0 Å². The number of aryl methyl sites for hydroxylation is 2. The Morgan fingerprint density at radius 3 is 2.54 bits per heavy atom. The molecule has 1 atom stereocenters. The molecular formula is C17H28F3N3O3. The number of hydrogen-bond donors (Lipinski definition) is 3. The Bertz CT molecular complexity index is 584. The summed E-state index contributed by atoms with van der Waals surface area (Å²) in [5.41, 5.74) is -0.518. The summed E-state index contributed by atoms with van der Waals surface area (Å²) in [5, 5.41) is 16.7. The number of furan rings is 1. The first-order chi connectivity index (χ1) is 12.0. The lowest BCUT2D eigenvalue weighted by Crippen LogP contribution is -2.39. The van der Waals surface area contributed by atoms with Crippen molar-refractivity contribution in [3.05, 3.63) is 23.2 Å². The Balaban J connectivity index is 2.51. The van der Waals surface area contributed by atoms with Crippen molar-refractivity contribution in [2.24, 2.45) is 4.99 Å². The van der Waals surface area contributed by atoms with Gasteiger partial charge in [0.05, 0.1) is 6.54 Å². The fourth-order valence-corrected chi connectivity index (χ4v) is 2.39. The molecule has 3 N–H and O–H groups in total. The Kier molecular flexibility index (Phi) is 8.42. The molecule has 0 saturated heterocycles. The molecule has 0 radical (unpaired) electrons. The number of halogens is 3. The molecule has 0 aliphatic heterocycles. The van der Waals surface area contributed by atoms with Crippen LogP contribution in [0.5, 0.6) is 0 Å². The minimum atomic E-state index is -4.31. The largest absolute Gasteiger partial charge is 0.466 e. The van der Waals surface area contributed by atoms with Crippen LogP contribution in [-0.2, 0) is 10.3 Å². The predicted molar refractivity (Wildman–Crippen MR) is 93.2 cm³/mol. The lowest BCUT2D eigenvalue weighted by Gasteiger charge is -2.21. The van der Waals surface area contributed by atoms with Crippen LogP contribution in [0.1, 0.15) is 37.4 Å². The summed E-state index contributed by atoms with van der Waals surface area (Å²) in [6, 6.07) is 1.78. The van der Waals surface area contributed by atoms with Gasteiger partial charge >= 0.3 is 6.18 Å². The molecule has 0 spiro atoms. The van der Waals surface area contributed by atoms with E-state index in [1.165, 1.54) is 0 Å². The van der Waals surface area contributed by atoms with E-state index < -0.39 is 18.4 Å². The molecule has 26 heavy (non-hydrogen) atoms. The fraction of sp³-hybridized carbons (Fsp3) is 0.706. The van der Waals surface area contributed by atoms with Gasteiger partial charge in [-0.25, -0.2) is 4.99 Å². The van der Waals surface area contributed by atoms with Gasteiger partial charge in [0.1, 0.15) is 23.7 Å². The first-order valence-electron chi connectivity index (χ1n) is 8.51. The molecule has 9 heteroatoms. The highest BCUT2D eigenvalue weighted by molar-refractivity contribution is 5.79. The summed E-state index contributed by atoms with van der Waals surface area (Å²) in [7, 11) is 0. The molecule has 1 aromatic rings. The molecule has 6 nitrogen and oxygen atoms in total. The fourth-order valence-electron chi connectivity index (χ4n) is 2.39. The van der Waals surface area contributed by atoms with Crippen LogP contribution in [0.15, 0.2) is 15.5 Å². The zero-order valence-electron chi connectivity index (χ0n) is 15.7. The van der Waals surface area contributed by atoms with E-state index in [0.717, 1.165) is 0 Å². The molecule has 1 heterocycles. The highest BCUT2D eigenvalue weighted by Crippen LogP contribution is 2.27. The maximum atomic E-state index is 12.0. The zero-order chi connectivity index (χ0) is 19.8. The van der Waals surface area contributed by atoms with Crippen LogP contribution in [0.4, 0.5) is 13.2 Å².